The minimum Gasteiger partial charge on any atom is -0.342 e. The van der Waals surface area contributed by atoms with Crippen LogP contribution in [0.25, 0.3) is 16.5 Å². The van der Waals surface area contributed by atoms with E-state index in [-0.39, 0.29) is 29.0 Å². The van der Waals surface area contributed by atoms with E-state index in [1.807, 2.05) is 29.2 Å². The molecular formula is C26H28N4O3. The summed E-state index contributed by atoms with van der Waals surface area (Å²) in [5.74, 6) is 0.0258. The number of carbonyl (C=O) groups excluding carboxylic acids is 2. The molecule has 0 spiro atoms. The number of carbonyl (C=O) groups is 2. The van der Waals surface area contributed by atoms with E-state index in [1.165, 1.54) is 11.1 Å². The normalized spacial score (nSPS) is 17.3. The fourth-order valence-electron chi connectivity index (χ4n) is 4.94. The number of piperidine rings is 2. The summed E-state index contributed by atoms with van der Waals surface area (Å²) in [5, 5.41) is 5.54. The standard InChI is InChI=1S/C26H28N4O3/c31-24(28-15-7-2-8-16-28)19-13-17-29(18-14-19)26(33)23-21-11-5-6-12-22(21)25(32)30(27-23)20-9-3-1-4-10-20/h1,3-6,9-12,19H,2,7-8,13-18H2. The Kier molecular flexibility index (Phi) is 5.94. The number of aromatic nitrogens is 2. The zero-order valence-electron chi connectivity index (χ0n) is 18.7. The zero-order chi connectivity index (χ0) is 22.8. The fraction of sp³-hybridized carbons (Fsp3) is 0.385. The molecule has 33 heavy (non-hydrogen) atoms. The molecule has 2 amide bonds. The Morgan fingerprint density at radius 2 is 1.39 bits per heavy atom. The van der Waals surface area contributed by atoms with Gasteiger partial charge in [-0.2, -0.15) is 9.78 Å². The van der Waals surface area contributed by atoms with Crippen molar-refractivity contribution >= 4 is 22.6 Å². The molecule has 0 saturated carbocycles. The van der Waals surface area contributed by atoms with E-state index in [9.17, 15) is 14.4 Å². The third-order valence-corrected chi connectivity index (χ3v) is 6.81. The lowest BCUT2D eigenvalue weighted by atomic mass is 9.94. The van der Waals surface area contributed by atoms with Gasteiger partial charge in [-0.25, -0.2) is 0 Å². The fourth-order valence-corrected chi connectivity index (χ4v) is 4.94. The van der Waals surface area contributed by atoms with Crippen LogP contribution in [-0.2, 0) is 4.79 Å². The highest BCUT2D eigenvalue weighted by Gasteiger charge is 2.32. The Morgan fingerprint density at radius 3 is 2.09 bits per heavy atom. The lowest BCUT2D eigenvalue weighted by Crippen LogP contribution is -2.46. The van der Waals surface area contributed by atoms with E-state index in [2.05, 4.69) is 5.10 Å². The van der Waals surface area contributed by atoms with Gasteiger partial charge in [-0.3, -0.25) is 14.4 Å². The van der Waals surface area contributed by atoms with Gasteiger partial charge in [-0.15, -0.1) is 0 Å². The maximum atomic E-state index is 13.5. The molecule has 2 fully saturated rings. The quantitative estimate of drug-likeness (QED) is 0.622. The Balaban J connectivity index is 1.40. The van der Waals surface area contributed by atoms with Crippen molar-refractivity contribution in [1.82, 2.24) is 19.6 Å². The Morgan fingerprint density at radius 1 is 0.758 bits per heavy atom. The zero-order valence-corrected chi connectivity index (χ0v) is 18.7. The van der Waals surface area contributed by atoms with Crippen molar-refractivity contribution in [2.45, 2.75) is 32.1 Å². The van der Waals surface area contributed by atoms with Gasteiger partial charge in [0.2, 0.25) is 5.91 Å². The van der Waals surface area contributed by atoms with Gasteiger partial charge < -0.3 is 9.80 Å². The van der Waals surface area contributed by atoms with Gasteiger partial charge in [-0.05, 0) is 50.3 Å². The van der Waals surface area contributed by atoms with Crippen molar-refractivity contribution in [3.8, 4) is 5.69 Å². The van der Waals surface area contributed by atoms with Crippen LogP contribution in [0.1, 0.15) is 42.6 Å². The number of likely N-dealkylation sites (tertiary alicyclic amines) is 2. The van der Waals surface area contributed by atoms with Crippen LogP contribution in [0.5, 0.6) is 0 Å². The molecule has 2 saturated heterocycles. The molecule has 0 N–H and O–H groups in total. The maximum absolute atomic E-state index is 13.5. The van der Waals surface area contributed by atoms with Crippen molar-refractivity contribution in [3.05, 3.63) is 70.6 Å². The van der Waals surface area contributed by atoms with Gasteiger partial charge in [0.25, 0.3) is 11.5 Å². The van der Waals surface area contributed by atoms with Crippen LogP contribution in [0.3, 0.4) is 0 Å². The van der Waals surface area contributed by atoms with Gasteiger partial charge in [0, 0.05) is 37.5 Å². The topological polar surface area (TPSA) is 75.5 Å². The molecule has 0 radical (unpaired) electrons. The average Bonchev–Trinajstić information content (AvgIpc) is 2.89. The van der Waals surface area contributed by atoms with E-state index in [0.717, 1.165) is 25.9 Å². The molecule has 0 atom stereocenters. The van der Waals surface area contributed by atoms with Gasteiger partial charge in [-0.1, -0.05) is 36.4 Å². The van der Waals surface area contributed by atoms with Crippen LogP contribution < -0.4 is 5.56 Å². The Hall–Kier alpha value is -3.48. The highest BCUT2D eigenvalue weighted by Crippen LogP contribution is 2.24. The number of amides is 2. The van der Waals surface area contributed by atoms with E-state index < -0.39 is 0 Å². The van der Waals surface area contributed by atoms with Gasteiger partial charge in [0.15, 0.2) is 5.69 Å². The number of benzene rings is 2. The molecule has 3 heterocycles. The molecule has 2 aromatic carbocycles. The van der Waals surface area contributed by atoms with Crippen LogP contribution in [0.15, 0.2) is 59.4 Å². The second kappa shape index (κ2) is 9.17. The van der Waals surface area contributed by atoms with Crippen molar-refractivity contribution in [1.29, 1.82) is 0 Å². The number of para-hydroxylation sites is 1. The Bertz CT molecular complexity index is 1220. The first-order valence-electron chi connectivity index (χ1n) is 11.8. The second-order valence-electron chi connectivity index (χ2n) is 8.90. The third kappa shape index (κ3) is 4.15. The summed E-state index contributed by atoms with van der Waals surface area (Å²) in [6, 6.07) is 16.3. The molecule has 7 nitrogen and oxygen atoms in total. The SMILES string of the molecule is O=C(c1nn(-c2ccccc2)c(=O)c2ccccc12)N1CCC(C(=O)N2CCCCC2)CC1. The van der Waals surface area contributed by atoms with E-state index in [4.69, 9.17) is 0 Å². The monoisotopic (exact) mass is 444 g/mol. The molecule has 0 unspecified atom stereocenters. The first kappa shape index (κ1) is 21.4. The number of rotatable bonds is 3. The summed E-state index contributed by atoms with van der Waals surface area (Å²) in [6.45, 7) is 2.75. The van der Waals surface area contributed by atoms with Gasteiger partial charge >= 0.3 is 0 Å². The predicted molar refractivity (Wildman–Crippen MR) is 126 cm³/mol. The largest absolute Gasteiger partial charge is 0.342 e. The molecular weight excluding hydrogens is 416 g/mol. The number of fused-ring (bicyclic) bond motifs is 1. The molecule has 3 aromatic rings. The summed E-state index contributed by atoms with van der Waals surface area (Å²) in [4.78, 5) is 43.3. The minimum atomic E-state index is -0.251. The van der Waals surface area contributed by atoms with E-state index >= 15 is 0 Å². The molecule has 2 aliphatic heterocycles. The highest BCUT2D eigenvalue weighted by atomic mass is 16.2. The van der Waals surface area contributed by atoms with Crippen molar-refractivity contribution in [2.24, 2.45) is 5.92 Å². The summed E-state index contributed by atoms with van der Waals surface area (Å²) in [5.41, 5.74) is 0.641. The lowest BCUT2D eigenvalue weighted by Gasteiger charge is -2.35. The molecule has 2 aliphatic rings. The third-order valence-electron chi connectivity index (χ3n) is 6.81. The molecule has 170 valence electrons. The smallest absolute Gasteiger partial charge is 0.279 e. The second-order valence-corrected chi connectivity index (χ2v) is 8.90. The summed E-state index contributed by atoms with van der Waals surface area (Å²) < 4.78 is 1.31. The van der Waals surface area contributed by atoms with Gasteiger partial charge in [0.05, 0.1) is 11.1 Å². The highest BCUT2D eigenvalue weighted by molar-refractivity contribution is 6.05. The van der Waals surface area contributed by atoms with Crippen molar-refractivity contribution in [2.75, 3.05) is 26.2 Å². The number of hydrogen-bond acceptors (Lipinski definition) is 4. The Labute approximate surface area is 192 Å². The average molecular weight is 445 g/mol. The van der Waals surface area contributed by atoms with Crippen molar-refractivity contribution < 1.29 is 9.59 Å². The summed E-state index contributed by atoms with van der Waals surface area (Å²) in [6.07, 6.45) is 4.69. The summed E-state index contributed by atoms with van der Waals surface area (Å²) in [7, 11) is 0. The van der Waals surface area contributed by atoms with Gasteiger partial charge in [0.1, 0.15) is 0 Å². The molecule has 0 aliphatic carbocycles. The van der Waals surface area contributed by atoms with Crippen LogP contribution in [0, 0.1) is 5.92 Å². The van der Waals surface area contributed by atoms with Crippen LogP contribution >= 0.6 is 0 Å². The van der Waals surface area contributed by atoms with Crippen molar-refractivity contribution in [3.63, 3.8) is 0 Å². The first-order chi connectivity index (χ1) is 16.1. The lowest BCUT2D eigenvalue weighted by molar-refractivity contribution is -0.137. The molecule has 1 aromatic heterocycles. The van der Waals surface area contributed by atoms with E-state index in [1.54, 1.807) is 35.2 Å². The predicted octanol–water partition coefficient (Wildman–Crippen LogP) is 3.25. The first-order valence-corrected chi connectivity index (χ1v) is 11.8. The number of hydrogen-bond donors (Lipinski definition) is 0. The van der Waals surface area contributed by atoms with E-state index in [0.29, 0.717) is 42.4 Å². The molecule has 7 heteroatoms. The summed E-state index contributed by atoms with van der Waals surface area (Å²) >= 11 is 0. The minimum absolute atomic E-state index is 0.0184. The number of nitrogens with zero attached hydrogens (tertiary/aromatic N) is 4. The molecule has 0 bridgehead atoms. The van der Waals surface area contributed by atoms with Crippen LogP contribution in [0.2, 0.25) is 0 Å². The van der Waals surface area contributed by atoms with Crippen LogP contribution in [0.4, 0.5) is 0 Å². The van der Waals surface area contributed by atoms with Crippen LogP contribution in [-0.4, -0.2) is 57.6 Å². The molecule has 5 rings (SSSR count). The maximum Gasteiger partial charge on any atom is 0.279 e.